The summed E-state index contributed by atoms with van der Waals surface area (Å²) in [6, 6.07) is 1.85. The third kappa shape index (κ3) is 4.49. The summed E-state index contributed by atoms with van der Waals surface area (Å²) in [6.45, 7) is 2.90. The van der Waals surface area contributed by atoms with E-state index < -0.39 is 35.6 Å². The number of halogens is 2. The monoisotopic (exact) mass is 286 g/mol. The van der Waals surface area contributed by atoms with Crippen molar-refractivity contribution in [2.75, 3.05) is 0 Å². The first-order valence-corrected chi connectivity index (χ1v) is 6.02. The average Bonchev–Trinajstić information content (AvgIpc) is 2.36. The molecule has 1 aromatic rings. The van der Waals surface area contributed by atoms with Crippen LogP contribution >= 0.6 is 0 Å². The number of benzene rings is 1. The fourth-order valence-corrected chi connectivity index (χ4v) is 1.44. The van der Waals surface area contributed by atoms with Gasteiger partial charge in [-0.2, -0.15) is 0 Å². The molecule has 0 aliphatic rings. The van der Waals surface area contributed by atoms with Gasteiger partial charge in [-0.25, -0.2) is 13.6 Å². The van der Waals surface area contributed by atoms with Crippen LogP contribution < -0.4 is 10.6 Å². The molecule has 0 bridgehead atoms. The lowest BCUT2D eigenvalue weighted by molar-refractivity contribution is -0.141. The van der Waals surface area contributed by atoms with Crippen molar-refractivity contribution in [2.24, 2.45) is 5.92 Å². The summed E-state index contributed by atoms with van der Waals surface area (Å²) in [6.07, 6.45) is 0. The third-order valence-electron chi connectivity index (χ3n) is 2.95. The van der Waals surface area contributed by atoms with Crippen molar-refractivity contribution in [1.82, 2.24) is 10.6 Å². The van der Waals surface area contributed by atoms with Gasteiger partial charge < -0.3 is 15.7 Å². The summed E-state index contributed by atoms with van der Waals surface area (Å²) in [5.74, 6) is -3.22. The highest BCUT2D eigenvalue weighted by atomic mass is 19.1. The van der Waals surface area contributed by atoms with Crippen LogP contribution in [-0.4, -0.2) is 23.1 Å². The van der Waals surface area contributed by atoms with E-state index in [1.54, 1.807) is 6.92 Å². The first-order chi connectivity index (χ1) is 9.31. The minimum atomic E-state index is -1.03. The van der Waals surface area contributed by atoms with Gasteiger partial charge >= 0.3 is 12.0 Å². The average molecular weight is 286 g/mol. The zero-order valence-corrected chi connectivity index (χ0v) is 11.1. The Morgan fingerprint density at radius 1 is 1.30 bits per heavy atom. The van der Waals surface area contributed by atoms with Crippen molar-refractivity contribution in [2.45, 2.75) is 26.4 Å². The SMILES string of the molecule is CC(NC(=O)NCc1ccc(F)cc1F)C(C)C(=O)O. The van der Waals surface area contributed by atoms with Gasteiger partial charge in [0.05, 0.1) is 5.92 Å². The standard InChI is InChI=1S/C13H16F2N2O3/c1-7(12(18)19)8(2)17-13(20)16-6-9-3-4-10(14)5-11(9)15/h3-5,7-8H,6H2,1-2H3,(H,18,19)(H2,16,17,20). The summed E-state index contributed by atoms with van der Waals surface area (Å²) >= 11 is 0. The number of amides is 2. The number of rotatable bonds is 5. The molecule has 0 saturated heterocycles. The first-order valence-electron chi connectivity index (χ1n) is 6.02. The summed E-state index contributed by atoms with van der Waals surface area (Å²) in [7, 11) is 0. The van der Waals surface area contributed by atoms with Gasteiger partial charge in [0.1, 0.15) is 11.6 Å². The second kappa shape index (κ2) is 6.83. The highest BCUT2D eigenvalue weighted by molar-refractivity contribution is 5.76. The molecule has 0 saturated carbocycles. The number of carboxylic acids is 1. The van der Waals surface area contributed by atoms with Gasteiger partial charge in [-0.15, -0.1) is 0 Å². The van der Waals surface area contributed by atoms with Crippen LogP contribution in [0.4, 0.5) is 13.6 Å². The fraction of sp³-hybridized carbons (Fsp3) is 0.385. The van der Waals surface area contributed by atoms with Crippen molar-refractivity contribution >= 4 is 12.0 Å². The third-order valence-corrected chi connectivity index (χ3v) is 2.95. The molecule has 1 rings (SSSR count). The Labute approximate surface area is 115 Å². The molecular formula is C13H16F2N2O3. The van der Waals surface area contributed by atoms with Gasteiger partial charge in [0.15, 0.2) is 0 Å². The molecule has 0 aromatic heterocycles. The zero-order valence-electron chi connectivity index (χ0n) is 11.1. The molecule has 2 atom stereocenters. The molecule has 110 valence electrons. The maximum absolute atomic E-state index is 13.3. The molecule has 20 heavy (non-hydrogen) atoms. The summed E-state index contributed by atoms with van der Waals surface area (Å²) < 4.78 is 26.0. The number of carboxylic acid groups (broad SMARTS) is 1. The lowest BCUT2D eigenvalue weighted by Gasteiger charge is -2.18. The molecule has 7 heteroatoms. The van der Waals surface area contributed by atoms with Crippen LogP contribution in [0.1, 0.15) is 19.4 Å². The second-order valence-electron chi connectivity index (χ2n) is 4.48. The minimum absolute atomic E-state index is 0.119. The molecule has 0 heterocycles. The number of aliphatic carboxylic acids is 1. The summed E-state index contributed by atoms with van der Waals surface area (Å²) in [5.41, 5.74) is 0.139. The molecule has 2 amide bonds. The van der Waals surface area contributed by atoms with E-state index in [1.165, 1.54) is 13.0 Å². The molecule has 5 nitrogen and oxygen atoms in total. The Balaban J connectivity index is 2.49. The van der Waals surface area contributed by atoms with E-state index in [9.17, 15) is 18.4 Å². The van der Waals surface area contributed by atoms with E-state index >= 15 is 0 Å². The van der Waals surface area contributed by atoms with Gasteiger partial charge in [-0.1, -0.05) is 6.07 Å². The van der Waals surface area contributed by atoms with Gasteiger partial charge in [-0.3, -0.25) is 4.79 Å². The van der Waals surface area contributed by atoms with E-state index in [0.29, 0.717) is 0 Å². The van der Waals surface area contributed by atoms with E-state index in [4.69, 9.17) is 5.11 Å². The first kappa shape index (κ1) is 15.9. The van der Waals surface area contributed by atoms with Gasteiger partial charge in [-0.05, 0) is 19.9 Å². The van der Waals surface area contributed by atoms with Crippen LogP contribution in [0, 0.1) is 17.6 Å². The second-order valence-corrected chi connectivity index (χ2v) is 4.48. The Morgan fingerprint density at radius 2 is 1.95 bits per heavy atom. The normalized spacial score (nSPS) is 13.4. The maximum Gasteiger partial charge on any atom is 0.315 e. The van der Waals surface area contributed by atoms with E-state index in [1.807, 2.05) is 0 Å². The number of hydrogen-bond donors (Lipinski definition) is 3. The predicted molar refractivity (Wildman–Crippen MR) is 68.0 cm³/mol. The number of nitrogens with one attached hydrogen (secondary N) is 2. The quantitative estimate of drug-likeness (QED) is 0.773. The van der Waals surface area contributed by atoms with Crippen LogP contribution in [0.25, 0.3) is 0 Å². The van der Waals surface area contributed by atoms with Crippen molar-refractivity contribution in [1.29, 1.82) is 0 Å². The molecule has 0 radical (unpaired) electrons. The maximum atomic E-state index is 13.3. The lowest BCUT2D eigenvalue weighted by Crippen LogP contribution is -2.45. The Kier molecular flexibility index (Phi) is 5.42. The number of urea groups is 1. The van der Waals surface area contributed by atoms with Crippen molar-refractivity contribution < 1.29 is 23.5 Å². The highest BCUT2D eigenvalue weighted by Crippen LogP contribution is 2.09. The summed E-state index contributed by atoms with van der Waals surface area (Å²) in [5, 5.41) is 13.6. The molecule has 0 fully saturated rings. The Hall–Kier alpha value is -2.18. The van der Waals surface area contributed by atoms with Crippen molar-refractivity contribution in [3.63, 3.8) is 0 Å². The van der Waals surface area contributed by atoms with Crippen molar-refractivity contribution in [3.05, 3.63) is 35.4 Å². The van der Waals surface area contributed by atoms with Crippen LogP contribution in [0.5, 0.6) is 0 Å². The lowest BCUT2D eigenvalue weighted by atomic mass is 10.0. The molecule has 2 unspecified atom stereocenters. The van der Waals surface area contributed by atoms with E-state index in [-0.39, 0.29) is 12.1 Å². The van der Waals surface area contributed by atoms with Crippen LogP contribution in [-0.2, 0) is 11.3 Å². The number of hydrogen-bond acceptors (Lipinski definition) is 2. The van der Waals surface area contributed by atoms with E-state index in [2.05, 4.69) is 10.6 Å². The highest BCUT2D eigenvalue weighted by Gasteiger charge is 2.20. The Morgan fingerprint density at radius 3 is 2.50 bits per heavy atom. The number of carbonyl (C=O) groups excluding carboxylic acids is 1. The molecule has 3 N–H and O–H groups in total. The Bertz CT molecular complexity index is 508. The summed E-state index contributed by atoms with van der Waals surface area (Å²) in [4.78, 5) is 22.2. The van der Waals surface area contributed by atoms with Gasteiger partial charge in [0.25, 0.3) is 0 Å². The minimum Gasteiger partial charge on any atom is -0.481 e. The molecule has 0 aliphatic carbocycles. The number of carbonyl (C=O) groups is 2. The predicted octanol–water partition coefficient (Wildman–Crippen LogP) is 1.87. The van der Waals surface area contributed by atoms with Crippen LogP contribution in [0.15, 0.2) is 18.2 Å². The van der Waals surface area contributed by atoms with Crippen LogP contribution in [0.3, 0.4) is 0 Å². The molecule has 1 aromatic carbocycles. The van der Waals surface area contributed by atoms with Gasteiger partial charge in [0, 0.05) is 24.2 Å². The topological polar surface area (TPSA) is 78.4 Å². The van der Waals surface area contributed by atoms with Gasteiger partial charge in [0.2, 0.25) is 0 Å². The van der Waals surface area contributed by atoms with E-state index in [0.717, 1.165) is 12.1 Å². The zero-order chi connectivity index (χ0) is 15.3. The fourth-order valence-electron chi connectivity index (χ4n) is 1.44. The molecular weight excluding hydrogens is 270 g/mol. The van der Waals surface area contributed by atoms with Crippen molar-refractivity contribution in [3.8, 4) is 0 Å². The molecule has 0 aliphatic heterocycles. The van der Waals surface area contributed by atoms with Crippen LogP contribution in [0.2, 0.25) is 0 Å². The largest absolute Gasteiger partial charge is 0.481 e. The smallest absolute Gasteiger partial charge is 0.315 e. The molecule has 0 spiro atoms.